The van der Waals surface area contributed by atoms with Crippen LogP contribution in [0.1, 0.15) is 31.9 Å². The molecule has 0 saturated carbocycles. The number of phenolic OH excluding ortho intramolecular Hbond substituents is 1. The molecule has 1 fully saturated rings. The highest BCUT2D eigenvalue weighted by Gasteiger charge is 2.38. The molecule has 2 bridgehead atoms. The van der Waals surface area contributed by atoms with E-state index in [4.69, 9.17) is 4.74 Å². The van der Waals surface area contributed by atoms with Crippen molar-refractivity contribution >= 4 is 0 Å². The van der Waals surface area contributed by atoms with E-state index in [1.54, 1.807) is 6.07 Å². The Kier molecular flexibility index (Phi) is 2.90. The Labute approximate surface area is 108 Å². The van der Waals surface area contributed by atoms with Crippen molar-refractivity contribution in [2.75, 3.05) is 6.61 Å². The highest BCUT2D eigenvalue weighted by Crippen LogP contribution is 2.47. The normalized spacial score (nSPS) is 35.1. The summed E-state index contributed by atoms with van der Waals surface area (Å²) in [6.07, 6.45) is 3.59. The first-order chi connectivity index (χ1) is 8.66. The molecule has 0 aromatic heterocycles. The number of hydrogen-bond donors (Lipinski definition) is 1. The molecule has 1 heterocycles. The number of allylic oxidation sites excluding steroid dienone is 1. The fourth-order valence-corrected chi connectivity index (χ4v) is 3.36. The number of aromatic hydroxyl groups is 1. The van der Waals surface area contributed by atoms with Gasteiger partial charge in [-0.1, -0.05) is 36.8 Å². The Hall–Kier alpha value is -1.28. The minimum Gasteiger partial charge on any atom is -0.508 e. The standard InChI is InChI=1S/C16H20O2/c1-10-7-11(2)14-8-12(10)9-18-16(14)13-5-3-4-6-15(13)17/h3-7,10,12,14,16-17H,8-9H2,1-2H3/t10-,12+,14+,16-/m1/s1. The molecule has 2 heteroatoms. The number of hydrogen-bond acceptors (Lipinski definition) is 2. The maximum absolute atomic E-state index is 10.00. The van der Waals surface area contributed by atoms with Crippen molar-refractivity contribution in [1.29, 1.82) is 0 Å². The second-order valence-electron chi connectivity index (χ2n) is 5.68. The van der Waals surface area contributed by atoms with Gasteiger partial charge in [0.2, 0.25) is 0 Å². The number of phenols is 1. The average molecular weight is 244 g/mol. The summed E-state index contributed by atoms with van der Waals surface area (Å²) >= 11 is 0. The lowest BCUT2D eigenvalue weighted by Gasteiger charge is -2.42. The molecule has 96 valence electrons. The van der Waals surface area contributed by atoms with E-state index < -0.39 is 0 Å². The summed E-state index contributed by atoms with van der Waals surface area (Å²) in [7, 11) is 0. The second kappa shape index (κ2) is 4.43. The molecule has 1 saturated heterocycles. The molecule has 18 heavy (non-hydrogen) atoms. The van der Waals surface area contributed by atoms with Crippen LogP contribution in [-0.2, 0) is 4.74 Å². The molecule has 1 aliphatic heterocycles. The van der Waals surface area contributed by atoms with Crippen molar-refractivity contribution in [2.45, 2.75) is 26.4 Å². The zero-order valence-corrected chi connectivity index (χ0v) is 11.0. The van der Waals surface area contributed by atoms with Crippen LogP contribution < -0.4 is 0 Å². The molecule has 2 aliphatic rings. The van der Waals surface area contributed by atoms with E-state index in [0.717, 1.165) is 12.2 Å². The van der Waals surface area contributed by atoms with Crippen molar-refractivity contribution in [3.8, 4) is 5.75 Å². The van der Waals surface area contributed by atoms with Crippen LogP contribution in [0.4, 0.5) is 0 Å². The summed E-state index contributed by atoms with van der Waals surface area (Å²) in [6.45, 7) is 5.27. The number of ether oxygens (including phenoxy) is 1. The summed E-state index contributed by atoms with van der Waals surface area (Å²) in [5.74, 6) is 2.04. The van der Waals surface area contributed by atoms with E-state index in [1.165, 1.54) is 12.0 Å². The third kappa shape index (κ3) is 1.85. The first-order valence-electron chi connectivity index (χ1n) is 6.74. The van der Waals surface area contributed by atoms with Crippen LogP contribution in [0.2, 0.25) is 0 Å². The van der Waals surface area contributed by atoms with E-state index in [9.17, 15) is 5.11 Å². The predicted molar refractivity (Wildman–Crippen MR) is 71.3 cm³/mol. The Bertz CT molecular complexity index is 478. The fraction of sp³-hybridized carbons (Fsp3) is 0.500. The van der Waals surface area contributed by atoms with Crippen molar-refractivity contribution in [1.82, 2.24) is 0 Å². The Morgan fingerprint density at radius 1 is 1.28 bits per heavy atom. The van der Waals surface area contributed by atoms with E-state index in [0.29, 0.717) is 23.5 Å². The van der Waals surface area contributed by atoms with Gasteiger partial charge in [-0.3, -0.25) is 0 Å². The monoisotopic (exact) mass is 244 g/mol. The first-order valence-corrected chi connectivity index (χ1v) is 6.74. The van der Waals surface area contributed by atoms with Gasteiger partial charge < -0.3 is 9.84 Å². The van der Waals surface area contributed by atoms with Crippen molar-refractivity contribution in [3.05, 3.63) is 41.5 Å². The Morgan fingerprint density at radius 2 is 2.06 bits per heavy atom. The van der Waals surface area contributed by atoms with Gasteiger partial charge in [-0.05, 0) is 31.2 Å². The highest BCUT2D eigenvalue weighted by molar-refractivity contribution is 5.36. The van der Waals surface area contributed by atoms with Crippen molar-refractivity contribution in [3.63, 3.8) is 0 Å². The smallest absolute Gasteiger partial charge is 0.121 e. The lowest BCUT2D eigenvalue weighted by molar-refractivity contribution is -0.0627. The van der Waals surface area contributed by atoms with Gasteiger partial charge in [0.15, 0.2) is 0 Å². The van der Waals surface area contributed by atoms with E-state index in [-0.39, 0.29) is 6.10 Å². The summed E-state index contributed by atoms with van der Waals surface area (Å²) in [5.41, 5.74) is 2.34. The first kappa shape index (κ1) is 11.8. The van der Waals surface area contributed by atoms with E-state index in [1.807, 2.05) is 18.2 Å². The lowest BCUT2D eigenvalue weighted by atomic mass is 9.71. The van der Waals surface area contributed by atoms with Gasteiger partial charge >= 0.3 is 0 Å². The van der Waals surface area contributed by atoms with Gasteiger partial charge in [0, 0.05) is 11.5 Å². The van der Waals surface area contributed by atoms with Gasteiger partial charge in [0.25, 0.3) is 0 Å². The topological polar surface area (TPSA) is 29.5 Å². The van der Waals surface area contributed by atoms with Crippen molar-refractivity contribution in [2.24, 2.45) is 17.8 Å². The molecule has 1 aromatic carbocycles. The molecule has 1 aliphatic carbocycles. The quantitative estimate of drug-likeness (QED) is 0.764. The van der Waals surface area contributed by atoms with E-state index >= 15 is 0 Å². The molecule has 0 radical (unpaired) electrons. The zero-order chi connectivity index (χ0) is 12.7. The molecule has 3 rings (SSSR count). The van der Waals surface area contributed by atoms with Gasteiger partial charge in [0.1, 0.15) is 5.75 Å². The number of benzene rings is 1. The van der Waals surface area contributed by atoms with Crippen LogP contribution in [0, 0.1) is 17.8 Å². The molecule has 2 nitrogen and oxygen atoms in total. The average Bonchev–Trinajstić information content (AvgIpc) is 2.37. The zero-order valence-electron chi connectivity index (χ0n) is 11.0. The largest absolute Gasteiger partial charge is 0.508 e. The van der Waals surface area contributed by atoms with Crippen LogP contribution >= 0.6 is 0 Å². The molecule has 0 spiro atoms. The van der Waals surface area contributed by atoms with Gasteiger partial charge in [-0.25, -0.2) is 0 Å². The highest BCUT2D eigenvalue weighted by atomic mass is 16.5. The Morgan fingerprint density at radius 3 is 2.83 bits per heavy atom. The maximum Gasteiger partial charge on any atom is 0.121 e. The van der Waals surface area contributed by atoms with Crippen LogP contribution in [0.3, 0.4) is 0 Å². The number of para-hydroxylation sites is 1. The summed E-state index contributed by atoms with van der Waals surface area (Å²) < 4.78 is 6.05. The van der Waals surface area contributed by atoms with Crippen molar-refractivity contribution < 1.29 is 9.84 Å². The van der Waals surface area contributed by atoms with Crippen LogP contribution in [-0.4, -0.2) is 11.7 Å². The van der Waals surface area contributed by atoms with Crippen LogP contribution in [0.25, 0.3) is 0 Å². The van der Waals surface area contributed by atoms with E-state index in [2.05, 4.69) is 19.9 Å². The minimum atomic E-state index is 0.0196. The van der Waals surface area contributed by atoms with Gasteiger partial charge in [-0.15, -0.1) is 0 Å². The molecule has 0 amide bonds. The molecular weight excluding hydrogens is 224 g/mol. The van der Waals surface area contributed by atoms with Gasteiger partial charge in [0.05, 0.1) is 12.7 Å². The molecule has 1 N–H and O–H groups in total. The molecular formula is C16H20O2. The Balaban J connectivity index is 1.96. The summed E-state index contributed by atoms with van der Waals surface area (Å²) in [6, 6.07) is 7.55. The maximum atomic E-state index is 10.00. The number of rotatable bonds is 1. The summed E-state index contributed by atoms with van der Waals surface area (Å²) in [4.78, 5) is 0. The van der Waals surface area contributed by atoms with Crippen LogP contribution in [0.15, 0.2) is 35.9 Å². The predicted octanol–water partition coefficient (Wildman–Crippen LogP) is 3.68. The van der Waals surface area contributed by atoms with Gasteiger partial charge in [-0.2, -0.15) is 0 Å². The third-order valence-electron chi connectivity index (χ3n) is 4.51. The summed E-state index contributed by atoms with van der Waals surface area (Å²) in [5, 5.41) is 10.00. The molecule has 4 atom stereocenters. The molecule has 0 unspecified atom stereocenters. The fourth-order valence-electron chi connectivity index (χ4n) is 3.36. The third-order valence-corrected chi connectivity index (χ3v) is 4.51. The van der Waals surface area contributed by atoms with Crippen LogP contribution in [0.5, 0.6) is 5.75 Å². The second-order valence-corrected chi connectivity index (χ2v) is 5.68. The molecule has 1 aromatic rings. The lowest BCUT2D eigenvalue weighted by Crippen LogP contribution is -2.35. The minimum absolute atomic E-state index is 0.0196. The SMILES string of the molecule is CC1=C[C@@H](C)[C@@H]2CO[C@H](c3ccccc3O)[C@H]1C2. The number of fused-ring (bicyclic) bond motifs is 2.